The maximum absolute atomic E-state index is 9.43. The first-order valence-electron chi connectivity index (χ1n) is 8.22. The Kier molecular flexibility index (Phi) is 5.84. The summed E-state index contributed by atoms with van der Waals surface area (Å²) in [6.07, 6.45) is 4.87. The zero-order valence-electron chi connectivity index (χ0n) is 13.2. The highest BCUT2D eigenvalue weighted by atomic mass is 16.3. The lowest BCUT2D eigenvalue weighted by molar-refractivity contribution is 0.0333. The van der Waals surface area contributed by atoms with Gasteiger partial charge in [0.05, 0.1) is 0 Å². The van der Waals surface area contributed by atoms with E-state index in [4.69, 9.17) is 0 Å². The van der Waals surface area contributed by atoms with E-state index in [-0.39, 0.29) is 12.0 Å². The van der Waals surface area contributed by atoms with E-state index in [9.17, 15) is 10.2 Å². The molecule has 0 aromatic carbocycles. The van der Waals surface area contributed by atoms with Crippen LogP contribution >= 0.6 is 0 Å². The van der Waals surface area contributed by atoms with Gasteiger partial charge in [-0.2, -0.15) is 0 Å². The molecule has 2 saturated heterocycles. The lowest BCUT2D eigenvalue weighted by atomic mass is 9.91. The number of aliphatic hydroxyl groups excluding tert-OH is 2. The summed E-state index contributed by atoms with van der Waals surface area (Å²) in [4.78, 5) is 5.16. The van der Waals surface area contributed by atoms with Crippen LogP contribution in [0.3, 0.4) is 0 Å². The fourth-order valence-corrected chi connectivity index (χ4v) is 3.63. The molecule has 0 aliphatic carbocycles. The van der Waals surface area contributed by atoms with Gasteiger partial charge in [-0.1, -0.05) is 13.8 Å². The van der Waals surface area contributed by atoms with Crippen LogP contribution in [0.15, 0.2) is 0 Å². The highest BCUT2D eigenvalue weighted by molar-refractivity contribution is 4.86. The van der Waals surface area contributed by atoms with Crippen molar-refractivity contribution in [1.29, 1.82) is 0 Å². The topological polar surface area (TPSA) is 46.9 Å². The van der Waals surface area contributed by atoms with Crippen LogP contribution in [-0.2, 0) is 0 Å². The third-order valence-corrected chi connectivity index (χ3v) is 4.98. The average molecular weight is 284 g/mol. The van der Waals surface area contributed by atoms with Crippen LogP contribution < -0.4 is 0 Å². The Balaban J connectivity index is 1.81. The lowest BCUT2D eigenvalue weighted by Crippen LogP contribution is -2.52. The summed E-state index contributed by atoms with van der Waals surface area (Å²) in [6, 6.07) is 0.679. The van der Waals surface area contributed by atoms with E-state index in [0.717, 1.165) is 39.0 Å². The molecule has 118 valence electrons. The van der Waals surface area contributed by atoms with Crippen molar-refractivity contribution in [2.24, 2.45) is 11.3 Å². The summed E-state index contributed by atoms with van der Waals surface area (Å²) in [6.45, 7) is 10.5. The van der Waals surface area contributed by atoms with Crippen molar-refractivity contribution in [2.75, 3.05) is 45.9 Å². The zero-order chi connectivity index (χ0) is 14.6. The molecule has 0 bridgehead atoms. The number of piperidine rings is 2. The van der Waals surface area contributed by atoms with Crippen LogP contribution in [0.5, 0.6) is 0 Å². The number of hydrogen-bond acceptors (Lipinski definition) is 4. The number of nitrogens with zero attached hydrogens (tertiary/aromatic N) is 2. The average Bonchev–Trinajstić information content (AvgIpc) is 2.47. The summed E-state index contributed by atoms with van der Waals surface area (Å²) >= 11 is 0. The van der Waals surface area contributed by atoms with Crippen LogP contribution in [0.25, 0.3) is 0 Å². The van der Waals surface area contributed by atoms with Crippen LogP contribution in [0, 0.1) is 11.3 Å². The summed E-state index contributed by atoms with van der Waals surface area (Å²) in [5.74, 6) is 0.527. The Morgan fingerprint density at radius 2 is 1.75 bits per heavy atom. The van der Waals surface area contributed by atoms with Crippen LogP contribution in [0.4, 0.5) is 0 Å². The SMILES string of the molecule is CC(C)(CO)CN1CCCC(N2CCC(CO)CC2)C1. The van der Waals surface area contributed by atoms with E-state index < -0.39 is 0 Å². The van der Waals surface area contributed by atoms with E-state index >= 15 is 0 Å². The van der Waals surface area contributed by atoms with Gasteiger partial charge in [0, 0.05) is 37.8 Å². The van der Waals surface area contributed by atoms with Gasteiger partial charge in [-0.25, -0.2) is 0 Å². The van der Waals surface area contributed by atoms with E-state index in [0.29, 0.717) is 18.6 Å². The van der Waals surface area contributed by atoms with Gasteiger partial charge >= 0.3 is 0 Å². The second kappa shape index (κ2) is 7.21. The zero-order valence-corrected chi connectivity index (χ0v) is 13.2. The molecule has 1 atom stereocenters. The van der Waals surface area contributed by atoms with Crippen molar-refractivity contribution in [2.45, 2.75) is 45.6 Å². The molecular formula is C16H32N2O2. The molecule has 2 rings (SSSR count). The smallest absolute Gasteiger partial charge is 0.0494 e. The molecule has 0 spiro atoms. The Morgan fingerprint density at radius 3 is 2.35 bits per heavy atom. The minimum Gasteiger partial charge on any atom is -0.396 e. The summed E-state index contributed by atoms with van der Waals surface area (Å²) < 4.78 is 0. The van der Waals surface area contributed by atoms with E-state index in [1.165, 1.54) is 19.4 Å². The highest BCUT2D eigenvalue weighted by Gasteiger charge is 2.30. The molecule has 2 N–H and O–H groups in total. The Labute approximate surface area is 123 Å². The first kappa shape index (κ1) is 16.2. The molecule has 1 unspecified atom stereocenters. The Hall–Kier alpha value is -0.160. The van der Waals surface area contributed by atoms with Gasteiger partial charge in [0.1, 0.15) is 0 Å². The van der Waals surface area contributed by atoms with Crippen molar-refractivity contribution in [3.8, 4) is 0 Å². The number of likely N-dealkylation sites (tertiary alicyclic amines) is 2. The second-order valence-corrected chi connectivity index (χ2v) is 7.52. The van der Waals surface area contributed by atoms with Gasteiger partial charge in [0.15, 0.2) is 0 Å². The number of rotatable bonds is 5. The fourth-order valence-electron chi connectivity index (χ4n) is 3.63. The number of hydrogen-bond donors (Lipinski definition) is 2. The summed E-state index contributed by atoms with van der Waals surface area (Å²) in [5, 5.41) is 18.7. The molecule has 2 fully saturated rings. The summed E-state index contributed by atoms with van der Waals surface area (Å²) in [5.41, 5.74) is 0.00573. The molecule has 0 aromatic rings. The lowest BCUT2D eigenvalue weighted by Gasteiger charge is -2.43. The molecule has 2 aliphatic rings. The molecule has 0 radical (unpaired) electrons. The molecule has 4 nitrogen and oxygen atoms in total. The molecule has 0 amide bonds. The van der Waals surface area contributed by atoms with Crippen molar-refractivity contribution < 1.29 is 10.2 Å². The largest absolute Gasteiger partial charge is 0.396 e. The third kappa shape index (κ3) is 4.42. The molecular weight excluding hydrogens is 252 g/mol. The minimum absolute atomic E-state index is 0.00573. The van der Waals surface area contributed by atoms with Gasteiger partial charge in [0.2, 0.25) is 0 Å². The van der Waals surface area contributed by atoms with E-state index in [1.54, 1.807) is 0 Å². The normalized spacial score (nSPS) is 27.9. The highest BCUT2D eigenvalue weighted by Crippen LogP contribution is 2.25. The first-order valence-corrected chi connectivity index (χ1v) is 8.22. The van der Waals surface area contributed by atoms with Gasteiger partial charge in [-0.3, -0.25) is 4.90 Å². The second-order valence-electron chi connectivity index (χ2n) is 7.52. The van der Waals surface area contributed by atoms with Crippen molar-refractivity contribution in [1.82, 2.24) is 9.80 Å². The van der Waals surface area contributed by atoms with Gasteiger partial charge in [0.25, 0.3) is 0 Å². The van der Waals surface area contributed by atoms with Gasteiger partial charge in [-0.15, -0.1) is 0 Å². The maximum atomic E-state index is 9.43. The van der Waals surface area contributed by atoms with Crippen molar-refractivity contribution in [3.63, 3.8) is 0 Å². The maximum Gasteiger partial charge on any atom is 0.0494 e. The first-order chi connectivity index (χ1) is 9.54. The Bertz CT molecular complexity index is 288. The monoisotopic (exact) mass is 284 g/mol. The summed E-state index contributed by atoms with van der Waals surface area (Å²) in [7, 11) is 0. The molecule has 0 aromatic heterocycles. The van der Waals surface area contributed by atoms with Crippen LogP contribution in [0.1, 0.15) is 39.5 Å². The minimum atomic E-state index is 0.00573. The van der Waals surface area contributed by atoms with Crippen molar-refractivity contribution >= 4 is 0 Å². The molecule has 2 heterocycles. The third-order valence-electron chi connectivity index (χ3n) is 4.98. The standard InChI is InChI=1S/C16H32N2O2/c1-16(2,13-20)12-17-7-3-4-15(10-17)18-8-5-14(11-19)6-9-18/h14-15,19-20H,3-13H2,1-2H3. The molecule has 20 heavy (non-hydrogen) atoms. The molecule has 4 heteroatoms. The fraction of sp³-hybridized carbons (Fsp3) is 1.00. The number of aliphatic hydroxyl groups is 2. The quantitative estimate of drug-likeness (QED) is 0.796. The molecule has 0 saturated carbocycles. The van der Waals surface area contributed by atoms with Crippen LogP contribution in [0.2, 0.25) is 0 Å². The van der Waals surface area contributed by atoms with Gasteiger partial charge in [-0.05, 0) is 51.2 Å². The Morgan fingerprint density at radius 1 is 1.05 bits per heavy atom. The predicted octanol–water partition coefficient (Wildman–Crippen LogP) is 1.17. The van der Waals surface area contributed by atoms with E-state index in [1.807, 2.05) is 0 Å². The van der Waals surface area contributed by atoms with Crippen LogP contribution in [-0.4, -0.2) is 72.0 Å². The molecule has 2 aliphatic heterocycles. The van der Waals surface area contributed by atoms with Gasteiger partial charge < -0.3 is 15.1 Å². The van der Waals surface area contributed by atoms with E-state index in [2.05, 4.69) is 23.6 Å². The van der Waals surface area contributed by atoms with Crippen molar-refractivity contribution in [3.05, 3.63) is 0 Å². The predicted molar refractivity (Wildman–Crippen MR) is 81.7 cm³/mol.